The molecule has 2 amide bonds. The molecule has 0 saturated heterocycles. The highest BCUT2D eigenvalue weighted by atomic mass is 19.1. The van der Waals surface area contributed by atoms with Crippen molar-refractivity contribution >= 4 is 6.03 Å². The van der Waals surface area contributed by atoms with Gasteiger partial charge in [-0.3, -0.25) is 0 Å². The molecule has 2 rings (SSSR count). The summed E-state index contributed by atoms with van der Waals surface area (Å²) in [4.78, 5) is 10.6. The molecule has 0 bridgehead atoms. The summed E-state index contributed by atoms with van der Waals surface area (Å²) in [6, 6.07) is 12.0. The summed E-state index contributed by atoms with van der Waals surface area (Å²) >= 11 is 0. The van der Waals surface area contributed by atoms with Crippen LogP contribution in [0.3, 0.4) is 0 Å². The molecular weight excluding hydrogens is 285 g/mol. The van der Waals surface area contributed by atoms with Crippen molar-refractivity contribution in [3.63, 3.8) is 0 Å². The molecule has 0 fully saturated rings. The van der Waals surface area contributed by atoms with Gasteiger partial charge in [0.2, 0.25) is 0 Å². The van der Waals surface area contributed by atoms with E-state index in [4.69, 9.17) is 10.5 Å². The number of benzene rings is 2. The van der Waals surface area contributed by atoms with Crippen molar-refractivity contribution in [1.29, 1.82) is 0 Å². The lowest BCUT2D eigenvalue weighted by Gasteiger charge is -2.10. The van der Waals surface area contributed by atoms with Gasteiger partial charge in [-0.15, -0.1) is 0 Å². The summed E-state index contributed by atoms with van der Waals surface area (Å²) < 4.78 is 18.4. The first-order valence-corrected chi connectivity index (χ1v) is 6.82. The Morgan fingerprint density at radius 3 is 2.18 bits per heavy atom. The topological polar surface area (TPSA) is 77.0 Å². The molecule has 6 heteroatoms. The lowest BCUT2D eigenvalue weighted by atomic mass is 10.1. The van der Waals surface area contributed by atoms with Crippen LogP contribution in [0.15, 0.2) is 58.8 Å². The van der Waals surface area contributed by atoms with E-state index < -0.39 is 6.03 Å². The molecule has 0 aliphatic carbocycles. The zero-order valence-electron chi connectivity index (χ0n) is 12.1. The zero-order chi connectivity index (χ0) is 15.9. The van der Waals surface area contributed by atoms with Crippen molar-refractivity contribution in [1.82, 2.24) is 0 Å². The average molecular weight is 301 g/mol. The van der Waals surface area contributed by atoms with Gasteiger partial charge in [0.15, 0.2) is 0 Å². The van der Waals surface area contributed by atoms with E-state index in [-0.39, 0.29) is 11.9 Å². The van der Waals surface area contributed by atoms with Crippen LogP contribution in [-0.4, -0.2) is 6.03 Å². The predicted octanol–water partition coefficient (Wildman–Crippen LogP) is 4.60. The van der Waals surface area contributed by atoms with Crippen LogP contribution in [0.25, 0.3) is 0 Å². The molecule has 2 N–H and O–H groups in total. The van der Waals surface area contributed by atoms with Gasteiger partial charge >= 0.3 is 6.03 Å². The van der Waals surface area contributed by atoms with Gasteiger partial charge in [-0.2, -0.15) is 5.11 Å². The summed E-state index contributed by atoms with van der Waals surface area (Å²) in [5.74, 6) is 0.861. The third-order valence-corrected chi connectivity index (χ3v) is 3.00. The Morgan fingerprint density at radius 1 is 1.14 bits per heavy atom. The number of hydrogen-bond acceptors (Lipinski definition) is 3. The molecule has 5 nitrogen and oxygen atoms in total. The Labute approximate surface area is 127 Å². The molecule has 22 heavy (non-hydrogen) atoms. The minimum absolute atomic E-state index is 0.229. The van der Waals surface area contributed by atoms with Crippen LogP contribution in [0.2, 0.25) is 0 Å². The number of azo groups is 1. The smallest absolute Gasteiger partial charge is 0.356 e. The van der Waals surface area contributed by atoms with Gasteiger partial charge in [0, 0.05) is 0 Å². The van der Waals surface area contributed by atoms with Crippen molar-refractivity contribution in [3.05, 3.63) is 59.9 Å². The van der Waals surface area contributed by atoms with E-state index in [2.05, 4.69) is 10.2 Å². The molecule has 1 unspecified atom stereocenters. The molecule has 114 valence electrons. The van der Waals surface area contributed by atoms with E-state index in [0.717, 1.165) is 5.56 Å². The quantitative estimate of drug-likeness (QED) is 0.819. The second-order valence-corrected chi connectivity index (χ2v) is 4.60. The maximum Gasteiger partial charge on any atom is 0.356 e. The zero-order valence-corrected chi connectivity index (χ0v) is 12.1. The highest BCUT2D eigenvalue weighted by Crippen LogP contribution is 2.26. The molecule has 0 aromatic heterocycles. The highest BCUT2D eigenvalue weighted by molar-refractivity contribution is 5.71. The number of rotatable bonds is 5. The van der Waals surface area contributed by atoms with Crippen LogP contribution in [0, 0.1) is 5.82 Å². The third-order valence-electron chi connectivity index (χ3n) is 3.00. The van der Waals surface area contributed by atoms with Gasteiger partial charge in [-0.1, -0.05) is 24.2 Å². The fraction of sp³-hybridized carbons (Fsp3) is 0.188. The van der Waals surface area contributed by atoms with Crippen LogP contribution in [0.4, 0.5) is 9.18 Å². The highest BCUT2D eigenvalue weighted by Gasteiger charge is 2.08. The number of carbonyl (C=O) groups is 1. The Balaban J connectivity index is 2.08. The van der Waals surface area contributed by atoms with Crippen molar-refractivity contribution in [2.45, 2.75) is 19.4 Å². The Kier molecular flexibility index (Phi) is 5.19. The second kappa shape index (κ2) is 7.31. The lowest BCUT2D eigenvalue weighted by Crippen LogP contribution is -2.03. The van der Waals surface area contributed by atoms with Crippen molar-refractivity contribution < 1.29 is 13.9 Å². The van der Waals surface area contributed by atoms with Crippen molar-refractivity contribution in [2.24, 2.45) is 16.0 Å². The predicted molar refractivity (Wildman–Crippen MR) is 80.4 cm³/mol. The van der Waals surface area contributed by atoms with E-state index >= 15 is 0 Å². The number of amides is 2. The van der Waals surface area contributed by atoms with Crippen LogP contribution < -0.4 is 10.5 Å². The third kappa shape index (κ3) is 4.37. The first-order valence-electron chi connectivity index (χ1n) is 6.82. The number of ether oxygens (including phenoxy) is 1. The maximum atomic E-state index is 12.8. The van der Waals surface area contributed by atoms with Gasteiger partial charge in [-0.25, -0.2) is 9.18 Å². The van der Waals surface area contributed by atoms with Gasteiger partial charge in [-0.05, 0) is 48.4 Å². The Bertz CT molecular complexity index is 654. The van der Waals surface area contributed by atoms with Crippen LogP contribution >= 0.6 is 0 Å². The standard InChI is InChI=1S/C16H16FN3O2/c1-2-15(19-20-16(18)21)11-3-7-13(8-4-11)22-14-9-5-12(17)6-10-14/h3-10,15H,2H2,1H3,(H2,18,21). The Morgan fingerprint density at radius 2 is 1.68 bits per heavy atom. The molecule has 0 radical (unpaired) electrons. The number of carbonyl (C=O) groups excluding carboxylic acids is 1. The average Bonchev–Trinajstić information content (AvgIpc) is 2.51. The number of primary amides is 1. The van der Waals surface area contributed by atoms with E-state index in [1.54, 1.807) is 24.3 Å². The van der Waals surface area contributed by atoms with E-state index in [9.17, 15) is 9.18 Å². The number of nitrogens with zero attached hydrogens (tertiary/aromatic N) is 2. The SMILES string of the molecule is CCC(N=NC(N)=O)c1ccc(Oc2ccc(F)cc2)cc1. The minimum Gasteiger partial charge on any atom is -0.457 e. The van der Waals surface area contributed by atoms with E-state index in [0.29, 0.717) is 17.9 Å². The van der Waals surface area contributed by atoms with Gasteiger partial charge in [0.1, 0.15) is 17.3 Å². The minimum atomic E-state index is -0.810. The van der Waals surface area contributed by atoms with Crippen LogP contribution in [-0.2, 0) is 0 Å². The normalized spacial score (nSPS) is 12.3. The van der Waals surface area contributed by atoms with Crippen molar-refractivity contribution in [2.75, 3.05) is 0 Å². The summed E-state index contributed by atoms with van der Waals surface area (Å²) in [6.45, 7) is 1.94. The molecule has 0 aliphatic rings. The second-order valence-electron chi connectivity index (χ2n) is 4.60. The summed E-state index contributed by atoms with van der Waals surface area (Å²) in [5.41, 5.74) is 5.85. The monoisotopic (exact) mass is 301 g/mol. The van der Waals surface area contributed by atoms with Gasteiger partial charge in [0.25, 0.3) is 0 Å². The molecule has 0 aliphatic heterocycles. The maximum absolute atomic E-state index is 12.8. The van der Waals surface area contributed by atoms with Crippen LogP contribution in [0.1, 0.15) is 24.9 Å². The fourth-order valence-electron chi connectivity index (χ4n) is 1.91. The number of hydrogen-bond donors (Lipinski definition) is 1. The molecular formula is C16H16FN3O2. The molecule has 2 aromatic rings. The first kappa shape index (κ1) is 15.6. The Hall–Kier alpha value is -2.76. The largest absolute Gasteiger partial charge is 0.457 e. The summed E-state index contributed by atoms with van der Waals surface area (Å²) in [7, 11) is 0. The number of nitrogens with two attached hydrogens (primary N) is 1. The first-order chi connectivity index (χ1) is 10.6. The number of urea groups is 1. The molecule has 0 saturated carbocycles. The summed E-state index contributed by atoms with van der Waals surface area (Å²) in [5, 5.41) is 7.27. The molecule has 1 atom stereocenters. The molecule has 0 spiro atoms. The summed E-state index contributed by atoms with van der Waals surface area (Å²) in [6.07, 6.45) is 0.689. The van der Waals surface area contributed by atoms with E-state index in [1.807, 2.05) is 19.1 Å². The van der Waals surface area contributed by atoms with E-state index in [1.165, 1.54) is 12.1 Å². The fourth-order valence-corrected chi connectivity index (χ4v) is 1.91. The molecule has 2 aromatic carbocycles. The number of halogens is 1. The lowest BCUT2D eigenvalue weighted by molar-refractivity contribution is 0.255. The van der Waals surface area contributed by atoms with Crippen molar-refractivity contribution in [3.8, 4) is 11.5 Å². The van der Waals surface area contributed by atoms with Gasteiger partial charge < -0.3 is 10.5 Å². The van der Waals surface area contributed by atoms with Crippen LogP contribution in [0.5, 0.6) is 11.5 Å². The van der Waals surface area contributed by atoms with Gasteiger partial charge in [0.05, 0.1) is 6.04 Å². The molecule has 0 heterocycles.